The van der Waals surface area contributed by atoms with Gasteiger partial charge in [-0.15, -0.1) is 0 Å². The van der Waals surface area contributed by atoms with Crippen molar-refractivity contribution < 1.29 is 0 Å². The zero-order valence-electron chi connectivity index (χ0n) is 8.13. The van der Waals surface area contributed by atoms with Crippen molar-refractivity contribution in [2.45, 2.75) is 13.0 Å². The Bertz CT molecular complexity index is 450. The van der Waals surface area contributed by atoms with Crippen LogP contribution in [0, 0.1) is 0 Å². The van der Waals surface area contributed by atoms with E-state index in [9.17, 15) is 0 Å². The molecule has 0 amide bonds. The van der Waals surface area contributed by atoms with Gasteiger partial charge in [0, 0.05) is 11.4 Å². The Morgan fingerprint density at radius 3 is 3.00 bits per heavy atom. The first-order valence-corrected chi connectivity index (χ1v) is 4.91. The molecule has 0 spiro atoms. The molecule has 2 rings (SSSR count). The SMILES string of the molecule is CNC(C)c1ccc2c(Cl)[nH]nc2c1. The molecule has 1 unspecified atom stereocenters. The Labute approximate surface area is 87.5 Å². The number of H-pyrrole nitrogens is 1. The summed E-state index contributed by atoms with van der Waals surface area (Å²) in [7, 11) is 1.94. The number of nitrogens with zero attached hydrogens (tertiary/aromatic N) is 1. The number of hydrogen-bond donors (Lipinski definition) is 2. The summed E-state index contributed by atoms with van der Waals surface area (Å²) in [6.45, 7) is 2.11. The third kappa shape index (κ3) is 1.49. The topological polar surface area (TPSA) is 40.7 Å². The maximum absolute atomic E-state index is 5.90. The number of benzene rings is 1. The normalized spacial score (nSPS) is 13.4. The molecule has 1 aromatic heterocycles. The Balaban J connectivity index is 2.52. The first-order valence-electron chi connectivity index (χ1n) is 4.53. The van der Waals surface area contributed by atoms with Gasteiger partial charge in [-0.2, -0.15) is 5.10 Å². The van der Waals surface area contributed by atoms with Crippen LogP contribution in [0.15, 0.2) is 18.2 Å². The molecular formula is C10H12ClN3. The molecule has 4 heteroatoms. The molecule has 1 heterocycles. The third-order valence-corrected chi connectivity index (χ3v) is 2.75. The highest BCUT2D eigenvalue weighted by molar-refractivity contribution is 6.34. The van der Waals surface area contributed by atoms with E-state index in [2.05, 4.69) is 28.5 Å². The van der Waals surface area contributed by atoms with E-state index < -0.39 is 0 Å². The molecule has 2 N–H and O–H groups in total. The lowest BCUT2D eigenvalue weighted by Gasteiger charge is -2.09. The minimum absolute atomic E-state index is 0.329. The van der Waals surface area contributed by atoms with E-state index in [-0.39, 0.29) is 0 Å². The van der Waals surface area contributed by atoms with Gasteiger partial charge in [0.1, 0.15) is 5.15 Å². The van der Waals surface area contributed by atoms with Crippen LogP contribution in [0.1, 0.15) is 18.5 Å². The highest BCUT2D eigenvalue weighted by atomic mass is 35.5. The molecular weight excluding hydrogens is 198 g/mol. The zero-order chi connectivity index (χ0) is 10.1. The third-order valence-electron chi connectivity index (χ3n) is 2.47. The monoisotopic (exact) mass is 209 g/mol. The Kier molecular flexibility index (Phi) is 2.44. The van der Waals surface area contributed by atoms with Gasteiger partial charge < -0.3 is 5.32 Å². The predicted molar refractivity (Wildman–Crippen MR) is 58.6 cm³/mol. The summed E-state index contributed by atoms with van der Waals surface area (Å²) >= 11 is 5.90. The highest BCUT2D eigenvalue weighted by Gasteiger charge is 2.06. The van der Waals surface area contributed by atoms with Crippen molar-refractivity contribution in [2.75, 3.05) is 7.05 Å². The van der Waals surface area contributed by atoms with E-state index in [1.165, 1.54) is 5.56 Å². The Hall–Kier alpha value is -1.06. The van der Waals surface area contributed by atoms with E-state index in [1.54, 1.807) is 0 Å². The minimum Gasteiger partial charge on any atom is -0.313 e. The minimum atomic E-state index is 0.329. The maximum atomic E-state index is 5.90. The van der Waals surface area contributed by atoms with Gasteiger partial charge in [0.25, 0.3) is 0 Å². The largest absolute Gasteiger partial charge is 0.313 e. The highest BCUT2D eigenvalue weighted by Crippen LogP contribution is 2.23. The van der Waals surface area contributed by atoms with E-state index >= 15 is 0 Å². The van der Waals surface area contributed by atoms with Crippen molar-refractivity contribution >= 4 is 22.5 Å². The van der Waals surface area contributed by atoms with Crippen molar-refractivity contribution in [1.29, 1.82) is 0 Å². The van der Waals surface area contributed by atoms with E-state index in [0.29, 0.717) is 11.2 Å². The van der Waals surface area contributed by atoms with E-state index in [0.717, 1.165) is 10.9 Å². The first-order chi connectivity index (χ1) is 6.72. The average Bonchev–Trinajstić information content (AvgIpc) is 2.59. The second-order valence-corrected chi connectivity index (χ2v) is 3.70. The van der Waals surface area contributed by atoms with Gasteiger partial charge in [-0.05, 0) is 31.7 Å². The number of halogens is 1. The van der Waals surface area contributed by atoms with Crippen LogP contribution in [0.5, 0.6) is 0 Å². The summed E-state index contributed by atoms with van der Waals surface area (Å²) in [6.07, 6.45) is 0. The second kappa shape index (κ2) is 3.59. The van der Waals surface area contributed by atoms with Crippen LogP contribution in [0.3, 0.4) is 0 Å². The molecule has 0 saturated heterocycles. The summed E-state index contributed by atoms with van der Waals surface area (Å²) in [5.41, 5.74) is 2.12. The zero-order valence-corrected chi connectivity index (χ0v) is 8.89. The Morgan fingerprint density at radius 2 is 2.29 bits per heavy atom. The lowest BCUT2D eigenvalue weighted by molar-refractivity contribution is 0.653. The van der Waals surface area contributed by atoms with E-state index in [4.69, 9.17) is 11.6 Å². The van der Waals surface area contributed by atoms with Crippen LogP contribution in [0.2, 0.25) is 5.15 Å². The molecule has 0 saturated carbocycles. The van der Waals surface area contributed by atoms with Gasteiger partial charge in [0.2, 0.25) is 0 Å². The number of rotatable bonds is 2. The quantitative estimate of drug-likeness (QED) is 0.798. The predicted octanol–water partition coefficient (Wildman–Crippen LogP) is 2.50. The van der Waals surface area contributed by atoms with Gasteiger partial charge in [-0.3, -0.25) is 5.10 Å². The van der Waals surface area contributed by atoms with Crippen molar-refractivity contribution in [3.8, 4) is 0 Å². The summed E-state index contributed by atoms with van der Waals surface area (Å²) in [6, 6.07) is 6.42. The molecule has 0 fully saturated rings. The molecule has 1 aromatic carbocycles. The molecule has 1 atom stereocenters. The Morgan fingerprint density at radius 1 is 1.50 bits per heavy atom. The molecule has 0 aliphatic rings. The number of fused-ring (bicyclic) bond motifs is 1. The summed E-state index contributed by atoms with van der Waals surface area (Å²) in [5, 5.41) is 11.6. The second-order valence-electron chi connectivity index (χ2n) is 3.32. The van der Waals surface area contributed by atoms with Gasteiger partial charge in [0.05, 0.1) is 5.52 Å². The number of aromatic amines is 1. The van der Waals surface area contributed by atoms with Crippen molar-refractivity contribution in [3.63, 3.8) is 0 Å². The number of aromatic nitrogens is 2. The fraction of sp³-hybridized carbons (Fsp3) is 0.300. The van der Waals surface area contributed by atoms with E-state index in [1.807, 2.05) is 19.2 Å². The van der Waals surface area contributed by atoms with Crippen LogP contribution < -0.4 is 5.32 Å². The smallest absolute Gasteiger partial charge is 0.132 e. The van der Waals surface area contributed by atoms with Crippen LogP contribution in [-0.4, -0.2) is 17.2 Å². The molecule has 2 aromatic rings. The summed E-state index contributed by atoms with van der Waals surface area (Å²) in [4.78, 5) is 0. The van der Waals surface area contributed by atoms with Crippen LogP contribution in [0.4, 0.5) is 0 Å². The fourth-order valence-electron chi connectivity index (χ4n) is 1.43. The van der Waals surface area contributed by atoms with Gasteiger partial charge in [0.15, 0.2) is 0 Å². The molecule has 0 radical (unpaired) electrons. The molecule has 0 bridgehead atoms. The van der Waals surface area contributed by atoms with Crippen LogP contribution in [0.25, 0.3) is 10.9 Å². The molecule has 3 nitrogen and oxygen atoms in total. The molecule has 0 aliphatic heterocycles. The van der Waals surface area contributed by atoms with Crippen LogP contribution in [-0.2, 0) is 0 Å². The van der Waals surface area contributed by atoms with Crippen molar-refractivity contribution in [3.05, 3.63) is 28.9 Å². The van der Waals surface area contributed by atoms with Crippen molar-refractivity contribution in [1.82, 2.24) is 15.5 Å². The lowest BCUT2D eigenvalue weighted by Crippen LogP contribution is -2.11. The standard InChI is InChI=1S/C10H12ClN3/c1-6(12-2)7-3-4-8-9(5-7)13-14-10(8)11/h3-6,12H,1-2H3,(H,13,14). The molecule has 0 aliphatic carbocycles. The van der Waals surface area contributed by atoms with Crippen molar-refractivity contribution in [2.24, 2.45) is 0 Å². The fourth-order valence-corrected chi connectivity index (χ4v) is 1.63. The van der Waals surface area contributed by atoms with Gasteiger partial charge >= 0.3 is 0 Å². The summed E-state index contributed by atoms with van der Waals surface area (Å²) in [5.74, 6) is 0. The van der Waals surface area contributed by atoms with Gasteiger partial charge in [-0.25, -0.2) is 0 Å². The average molecular weight is 210 g/mol. The van der Waals surface area contributed by atoms with Crippen LogP contribution >= 0.6 is 11.6 Å². The first kappa shape index (κ1) is 9.49. The maximum Gasteiger partial charge on any atom is 0.132 e. The number of nitrogens with one attached hydrogen (secondary N) is 2. The summed E-state index contributed by atoms with van der Waals surface area (Å²) < 4.78 is 0. The molecule has 74 valence electrons. The van der Waals surface area contributed by atoms with Gasteiger partial charge in [-0.1, -0.05) is 17.7 Å². The number of hydrogen-bond acceptors (Lipinski definition) is 2. The lowest BCUT2D eigenvalue weighted by atomic mass is 10.1. The molecule has 14 heavy (non-hydrogen) atoms.